The molecule has 0 rings (SSSR count). The first kappa shape index (κ1) is 49.0. The zero-order chi connectivity index (χ0) is 35.9. The highest BCUT2D eigenvalue weighted by Crippen LogP contribution is 2.20. The Balaban J connectivity index is 5.94. The van der Waals surface area contributed by atoms with Crippen molar-refractivity contribution in [1.82, 2.24) is 0 Å². The molecule has 0 radical (unpaired) electrons. The Morgan fingerprint density at radius 3 is 1.08 bits per heavy atom. The molecule has 0 aromatic heterocycles. The van der Waals surface area contributed by atoms with Crippen molar-refractivity contribution in [3.8, 4) is 0 Å². The second-order valence-electron chi connectivity index (χ2n) is 9.67. The molecular weight excluding hydrogens is 733 g/mol. The largest absolute Gasteiger partial charge is 0.493 e. The quantitative estimate of drug-likeness (QED) is 0.0380. The molecule has 294 valence electrons. The lowest BCUT2D eigenvalue weighted by Crippen LogP contribution is -2.52. The highest BCUT2D eigenvalue weighted by molar-refractivity contribution is 6.18. The van der Waals surface area contributed by atoms with Crippen LogP contribution in [0.1, 0.15) is 34.6 Å². The average molecular weight is 799 g/mol. The minimum atomic E-state index is -1.10. The van der Waals surface area contributed by atoms with Crippen LogP contribution in [0.15, 0.2) is 12.8 Å². The maximum atomic E-state index is 6.46. The van der Waals surface area contributed by atoms with Gasteiger partial charge in [0.05, 0.1) is 85.5 Å². The van der Waals surface area contributed by atoms with Gasteiger partial charge in [0.25, 0.3) is 0 Å². The van der Waals surface area contributed by atoms with Crippen LogP contribution in [-0.4, -0.2) is 187 Å². The Labute approximate surface area is 306 Å². The molecular formula is C28H66O16Si5. The number of rotatable bonds is 42. The zero-order valence-electron chi connectivity index (χ0n) is 30.7. The minimum Gasteiger partial charge on any atom is -0.493 e. The first-order chi connectivity index (χ1) is 24.2. The third-order valence-electron chi connectivity index (χ3n) is 6.13. The lowest BCUT2D eigenvalue weighted by Gasteiger charge is -2.37. The minimum absolute atomic E-state index is 0.182. The van der Waals surface area contributed by atoms with Crippen LogP contribution in [0.2, 0.25) is 0 Å². The molecule has 0 fully saturated rings. The molecule has 4 unspecified atom stereocenters. The molecule has 0 aromatic carbocycles. The van der Waals surface area contributed by atoms with Gasteiger partial charge in [-0.1, -0.05) is 6.58 Å². The Morgan fingerprint density at radius 2 is 0.735 bits per heavy atom. The summed E-state index contributed by atoms with van der Waals surface area (Å²) in [6.45, 7) is 20.4. The summed E-state index contributed by atoms with van der Waals surface area (Å²) < 4.78 is 92.7. The molecule has 0 spiro atoms. The first-order valence-corrected chi connectivity index (χ1v) is 23.0. The van der Waals surface area contributed by atoms with Crippen LogP contribution in [-0.2, 0) is 72.7 Å². The molecule has 0 amide bonds. The Hall–Kier alpha value is 0.0244. The molecule has 16 nitrogen and oxygen atoms in total. The molecule has 0 heterocycles. The highest BCUT2D eigenvalue weighted by Gasteiger charge is 2.39. The second-order valence-corrected chi connectivity index (χ2v) is 14.9. The van der Waals surface area contributed by atoms with Gasteiger partial charge in [-0.2, -0.15) is 0 Å². The summed E-state index contributed by atoms with van der Waals surface area (Å²) in [6, 6.07) is 0. The fourth-order valence-corrected chi connectivity index (χ4v) is 6.38. The van der Waals surface area contributed by atoms with Crippen molar-refractivity contribution in [2.45, 2.75) is 59.0 Å². The molecule has 0 N–H and O–H groups in total. The van der Waals surface area contributed by atoms with Gasteiger partial charge < -0.3 is 72.7 Å². The number of hydrogen-bond donors (Lipinski definition) is 0. The predicted molar refractivity (Wildman–Crippen MR) is 197 cm³/mol. The third-order valence-corrected chi connectivity index (χ3v) is 11.3. The van der Waals surface area contributed by atoms with E-state index in [1.54, 1.807) is 0 Å². The van der Waals surface area contributed by atoms with Crippen LogP contribution in [0.25, 0.3) is 0 Å². The summed E-state index contributed by atoms with van der Waals surface area (Å²) >= 11 is 0. The number of ether oxygens (including phenoxy) is 6. The summed E-state index contributed by atoms with van der Waals surface area (Å²) in [5.41, 5.74) is 0. The molecule has 0 saturated heterocycles. The Morgan fingerprint density at radius 1 is 0.408 bits per heavy atom. The standard InChI is InChI=1S/C28H66O16Si5/c1-7-31-27(25(32-15-20-42-47-37-10-4)23-29-13-18-40-45-35-8-2)28(34-17-22-44-49-39-12-6)26(33-16-21-43-48-38-11-5)24-30-14-19-41-46-36-9-3/h7,25-28H,1,8-24,45-49H2,2-6H3. The van der Waals surface area contributed by atoms with Gasteiger partial charge in [0, 0.05) is 33.0 Å². The molecule has 21 heteroatoms. The van der Waals surface area contributed by atoms with E-state index < -0.39 is 74.4 Å². The third kappa shape index (κ3) is 31.3. The smallest absolute Gasteiger partial charge is 0.304 e. The lowest BCUT2D eigenvalue weighted by molar-refractivity contribution is -0.187. The molecule has 0 aliphatic carbocycles. The van der Waals surface area contributed by atoms with Gasteiger partial charge in [0.2, 0.25) is 0 Å². The van der Waals surface area contributed by atoms with Crippen molar-refractivity contribution in [2.24, 2.45) is 0 Å². The molecule has 0 saturated carbocycles. The van der Waals surface area contributed by atoms with E-state index in [1.165, 1.54) is 6.26 Å². The van der Waals surface area contributed by atoms with Crippen molar-refractivity contribution in [3.63, 3.8) is 0 Å². The monoisotopic (exact) mass is 798 g/mol. The van der Waals surface area contributed by atoms with Gasteiger partial charge in [-0.15, -0.1) is 0 Å². The summed E-state index contributed by atoms with van der Waals surface area (Å²) in [5.74, 6) is 0. The van der Waals surface area contributed by atoms with E-state index in [9.17, 15) is 0 Å². The van der Waals surface area contributed by atoms with Crippen molar-refractivity contribution >= 4 is 50.0 Å². The maximum absolute atomic E-state index is 6.46. The predicted octanol–water partition coefficient (Wildman–Crippen LogP) is -2.04. The van der Waals surface area contributed by atoms with Crippen LogP contribution in [0, 0.1) is 0 Å². The molecule has 0 bridgehead atoms. The van der Waals surface area contributed by atoms with Crippen molar-refractivity contribution in [3.05, 3.63) is 12.8 Å². The zero-order valence-corrected chi connectivity index (χ0v) is 37.8. The van der Waals surface area contributed by atoms with Gasteiger partial charge in [-0.05, 0) is 34.6 Å². The summed E-state index contributed by atoms with van der Waals surface area (Å²) in [6.07, 6.45) is -1.22. The summed E-state index contributed by atoms with van der Waals surface area (Å²) in [4.78, 5) is 0. The molecule has 4 atom stereocenters. The van der Waals surface area contributed by atoms with Crippen molar-refractivity contribution in [2.75, 3.05) is 112 Å². The van der Waals surface area contributed by atoms with Gasteiger partial charge in [0.1, 0.15) is 18.3 Å². The Kier molecular flexibility index (Phi) is 40.8. The van der Waals surface area contributed by atoms with E-state index in [2.05, 4.69) is 6.58 Å². The van der Waals surface area contributed by atoms with Crippen LogP contribution in [0.4, 0.5) is 0 Å². The maximum Gasteiger partial charge on any atom is 0.304 e. The Bertz CT molecular complexity index is 670. The average Bonchev–Trinajstić information content (AvgIpc) is 3.11. The van der Waals surface area contributed by atoms with Gasteiger partial charge in [0.15, 0.2) is 6.10 Å². The van der Waals surface area contributed by atoms with Crippen LogP contribution >= 0.6 is 0 Å². The van der Waals surface area contributed by atoms with Gasteiger partial charge in [-0.25, -0.2) is 0 Å². The van der Waals surface area contributed by atoms with E-state index in [0.717, 1.165) is 0 Å². The molecule has 0 aromatic rings. The second kappa shape index (κ2) is 40.8. The fourth-order valence-electron chi connectivity index (χ4n) is 3.78. The normalized spacial score (nSPS) is 15.4. The van der Waals surface area contributed by atoms with E-state index >= 15 is 0 Å². The van der Waals surface area contributed by atoms with E-state index in [1.807, 2.05) is 34.6 Å². The molecule has 49 heavy (non-hydrogen) atoms. The van der Waals surface area contributed by atoms with E-state index in [4.69, 9.17) is 72.7 Å². The van der Waals surface area contributed by atoms with Crippen molar-refractivity contribution in [1.29, 1.82) is 0 Å². The van der Waals surface area contributed by atoms with Crippen LogP contribution < -0.4 is 0 Å². The van der Waals surface area contributed by atoms with E-state index in [-0.39, 0.29) is 33.0 Å². The van der Waals surface area contributed by atoms with Crippen molar-refractivity contribution < 1.29 is 72.7 Å². The highest BCUT2D eigenvalue weighted by atomic mass is 28.3. The summed E-state index contributed by atoms with van der Waals surface area (Å²) in [7, 11) is -5.32. The molecule has 0 aliphatic heterocycles. The van der Waals surface area contributed by atoms with Crippen LogP contribution in [0.5, 0.6) is 0 Å². The SMILES string of the molecule is C=COC(C(COCCO[SiH2]OCC)OCCO[SiH2]OCC)C(OCCO[SiH2]OCC)C(COCCO[SiH2]OCC)OCCO[SiH2]OCC. The number of hydrogen-bond acceptors (Lipinski definition) is 16. The molecule has 0 aliphatic rings. The topological polar surface area (TPSA) is 148 Å². The first-order valence-electron chi connectivity index (χ1n) is 17.2. The van der Waals surface area contributed by atoms with E-state index in [0.29, 0.717) is 79.3 Å². The van der Waals surface area contributed by atoms with Gasteiger partial charge >= 0.3 is 50.0 Å². The fraction of sp³-hybridized carbons (Fsp3) is 0.929. The van der Waals surface area contributed by atoms with Gasteiger partial charge in [-0.3, -0.25) is 0 Å². The summed E-state index contributed by atoms with van der Waals surface area (Å²) in [5, 5.41) is 0. The van der Waals surface area contributed by atoms with Crippen LogP contribution in [0.3, 0.4) is 0 Å². The lowest BCUT2D eigenvalue weighted by atomic mass is 10.0.